The first-order chi connectivity index (χ1) is 6.27. The topological polar surface area (TPSA) is 0 Å². The lowest BCUT2D eigenvalue weighted by molar-refractivity contribution is 0.504. The maximum Gasteiger partial charge on any atom is 0.118 e. The summed E-state index contributed by atoms with van der Waals surface area (Å²) >= 11 is 14.8. The third kappa shape index (κ3) is 19.0. The molecule has 0 aromatic carbocycles. The third-order valence-electron chi connectivity index (χ3n) is 1.58. The van der Waals surface area contributed by atoms with Crippen LogP contribution in [-0.2, 0) is 0 Å². The van der Waals surface area contributed by atoms with E-state index in [9.17, 15) is 0 Å². The van der Waals surface area contributed by atoms with Crippen LogP contribution < -0.4 is 0 Å². The van der Waals surface area contributed by atoms with Crippen LogP contribution in [0.2, 0.25) is 0 Å². The fraction of sp³-hybridized carbons (Fsp3) is 0.600. The zero-order chi connectivity index (χ0) is 10.5. The zero-order valence-corrected chi connectivity index (χ0v) is 10.1. The summed E-state index contributed by atoms with van der Waals surface area (Å²) in [7, 11) is 0. The fourth-order valence-corrected chi connectivity index (χ4v) is 1.06. The third-order valence-corrected chi connectivity index (χ3v) is 2.24. The lowest BCUT2D eigenvalue weighted by Crippen LogP contribution is -1.85. The molecule has 1 rings (SSSR count). The zero-order valence-electron chi connectivity index (χ0n) is 7.87. The molecular formula is C10H17Cl3. The molecule has 0 bridgehead atoms. The van der Waals surface area contributed by atoms with Gasteiger partial charge in [-0.05, 0) is 0 Å². The average molecular weight is 244 g/mol. The summed E-state index contributed by atoms with van der Waals surface area (Å²) < 4.78 is 0.0895. The molecule has 0 aliphatic heterocycles. The minimum absolute atomic E-state index is 0.0895. The van der Waals surface area contributed by atoms with Crippen molar-refractivity contribution in [2.24, 2.45) is 0 Å². The first-order valence-corrected chi connectivity index (χ1v) is 5.58. The molecule has 0 heterocycles. The molecule has 0 spiro atoms. The van der Waals surface area contributed by atoms with Gasteiger partial charge < -0.3 is 0 Å². The predicted molar refractivity (Wildman–Crippen MR) is 64.6 cm³/mol. The van der Waals surface area contributed by atoms with Gasteiger partial charge in [0.25, 0.3) is 0 Å². The molecule has 0 N–H and O–H groups in total. The van der Waals surface area contributed by atoms with Gasteiger partial charge in [0.15, 0.2) is 0 Å². The monoisotopic (exact) mass is 242 g/mol. The van der Waals surface area contributed by atoms with E-state index in [4.69, 9.17) is 34.8 Å². The molecule has 78 valence electrons. The highest BCUT2D eigenvalue weighted by molar-refractivity contribution is 6.58. The van der Waals surface area contributed by atoms with Gasteiger partial charge in [0.05, 0.1) is 0 Å². The molecule has 0 nitrogen and oxygen atoms in total. The summed E-state index contributed by atoms with van der Waals surface area (Å²) in [5.41, 5.74) is 1.09. The van der Waals surface area contributed by atoms with Crippen LogP contribution in [0.5, 0.6) is 0 Å². The summed E-state index contributed by atoms with van der Waals surface area (Å²) in [6.45, 7) is 6.00. The molecule has 0 radical (unpaired) electrons. The number of halogens is 3. The Morgan fingerprint density at radius 1 is 0.846 bits per heavy atom. The van der Waals surface area contributed by atoms with Crippen LogP contribution >= 0.6 is 34.8 Å². The van der Waals surface area contributed by atoms with E-state index in [1.165, 1.54) is 38.5 Å². The first kappa shape index (κ1) is 15.8. The molecular weight excluding hydrogens is 226 g/mol. The Bertz CT molecular complexity index is 102. The molecule has 0 atom stereocenters. The van der Waals surface area contributed by atoms with Crippen molar-refractivity contribution in [1.82, 2.24) is 0 Å². The molecule has 13 heavy (non-hydrogen) atoms. The fourth-order valence-electron chi connectivity index (χ4n) is 1.06. The Morgan fingerprint density at radius 3 is 1.08 bits per heavy atom. The van der Waals surface area contributed by atoms with Gasteiger partial charge in [-0.1, -0.05) is 73.3 Å². The van der Waals surface area contributed by atoms with Crippen molar-refractivity contribution in [3.63, 3.8) is 0 Å². The second-order valence-electron chi connectivity index (χ2n) is 2.52. The van der Waals surface area contributed by atoms with Crippen molar-refractivity contribution in [3.05, 3.63) is 23.2 Å². The van der Waals surface area contributed by atoms with E-state index in [0.29, 0.717) is 0 Å². The van der Waals surface area contributed by atoms with Crippen LogP contribution in [-0.4, -0.2) is 0 Å². The van der Waals surface area contributed by atoms with Crippen molar-refractivity contribution in [1.29, 1.82) is 0 Å². The Morgan fingerprint density at radius 2 is 1.00 bits per heavy atom. The van der Waals surface area contributed by atoms with Crippen LogP contribution in [0.1, 0.15) is 38.5 Å². The summed E-state index contributed by atoms with van der Waals surface area (Å²) in [5.74, 6) is 0. The standard InChI is InChI=1S/C6H12.C2HCl3.C2H4/c1-2-4-6-5-3-1;3-1-2(4)5;1-2/h1-6H2;1H;1-2H2. The van der Waals surface area contributed by atoms with Crippen molar-refractivity contribution in [3.8, 4) is 0 Å². The Kier molecular flexibility index (Phi) is 18.1. The molecule has 0 amide bonds. The van der Waals surface area contributed by atoms with Crippen molar-refractivity contribution >= 4 is 34.8 Å². The van der Waals surface area contributed by atoms with E-state index in [2.05, 4.69) is 13.2 Å². The minimum atomic E-state index is 0.0895. The normalized spacial score (nSPS) is 14.1. The van der Waals surface area contributed by atoms with Gasteiger partial charge in [-0.2, -0.15) is 0 Å². The maximum atomic E-state index is 4.96. The molecule has 1 aliphatic rings. The summed E-state index contributed by atoms with van der Waals surface area (Å²) in [4.78, 5) is 0. The summed E-state index contributed by atoms with van der Waals surface area (Å²) in [5, 5.41) is 0. The Labute approximate surface area is 96.6 Å². The number of rotatable bonds is 0. The second kappa shape index (κ2) is 14.9. The van der Waals surface area contributed by atoms with Crippen molar-refractivity contribution in [2.45, 2.75) is 38.5 Å². The van der Waals surface area contributed by atoms with Crippen LogP contribution in [0.15, 0.2) is 23.2 Å². The quantitative estimate of drug-likeness (QED) is 0.483. The van der Waals surface area contributed by atoms with Gasteiger partial charge in [-0.15, -0.1) is 13.2 Å². The molecule has 1 fully saturated rings. The Hall–Kier alpha value is 0.350. The van der Waals surface area contributed by atoms with Gasteiger partial charge in [-0.3, -0.25) is 0 Å². The second-order valence-corrected chi connectivity index (χ2v) is 3.75. The molecule has 3 heteroatoms. The van der Waals surface area contributed by atoms with Gasteiger partial charge >= 0.3 is 0 Å². The molecule has 0 aromatic rings. The van der Waals surface area contributed by atoms with Crippen LogP contribution in [0.4, 0.5) is 0 Å². The van der Waals surface area contributed by atoms with Crippen molar-refractivity contribution < 1.29 is 0 Å². The van der Waals surface area contributed by atoms with E-state index in [1.807, 2.05) is 0 Å². The van der Waals surface area contributed by atoms with Crippen LogP contribution in [0, 0.1) is 0 Å². The van der Waals surface area contributed by atoms with Gasteiger partial charge in [0.2, 0.25) is 0 Å². The largest absolute Gasteiger partial charge is 0.118 e. The van der Waals surface area contributed by atoms with Crippen LogP contribution in [0.25, 0.3) is 0 Å². The SMILES string of the molecule is C1CCCCC1.C=C.ClC=C(Cl)Cl. The number of hydrogen-bond donors (Lipinski definition) is 0. The van der Waals surface area contributed by atoms with Gasteiger partial charge in [0.1, 0.15) is 4.49 Å². The summed E-state index contributed by atoms with van der Waals surface area (Å²) in [6.07, 6.45) is 9.00. The van der Waals surface area contributed by atoms with E-state index < -0.39 is 0 Å². The highest BCUT2D eigenvalue weighted by atomic mass is 35.5. The lowest BCUT2D eigenvalue weighted by atomic mass is 10.0. The lowest BCUT2D eigenvalue weighted by Gasteiger charge is -2.05. The molecule has 0 saturated heterocycles. The van der Waals surface area contributed by atoms with E-state index >= 15 is 0 Å². The van der Waals surface area contributed by atoms with Crippen molar-refractivity contribution in [2.75, 3.05) is 0 Å². The minimum Gasteiger partial charge on any atom is -0.106 e. The van der Waals surface area contributed by atoms with E-state index in [-0.39, 0.29) is 4.49 Å². The highest BCUT2D eigenvalue weighted by Crippen LogP contribution is 2.15. The number of hydrogen-bond acceptors (Lipinski definition) is 0. The van der Waals surface area contributed by atoms with Gasteiger partial charge in [-0.25, -0.2) is 0 Å². The highest BCUT2D eigenvalue weighted by Gasteiger charge is 1.95. The van der Waals surface area contributed by atoms with E-state index in [0.717, 1.165) is 5.54 Å². The van der Waals surface area contributed by atoms with E-state index in [1.54, 1.807) is 0 Å². The smallest absolute Gasteiger partial charge is 0.106 e. The first-order valence-electron chi connectivity index (χ1n) is 4.38. The Balaban J connectivity index is 0. The molecule has 0 aromatic heterocycles. The van der Waals surface area contributed by atoms with Crippen LogP contribution in [0.3, 0.4) is 0 Å². The molecule has 1 saturated carbocycles. The predicted octanol–water partition coefficient (Wildman–Crippen LogP) is 5.64. The average Bonchev–Trinajstić information content (AvgIpc) is 2.24. The molecule has 0 unspecified atom stereocenters. The maximum absolute atomic E-state index is 4.96. The summed E-state index contributed by atoms with van der Waals surface area (Å²) in [6, 6.07) is 0. The molecule has 1 aliphatic carbocycles. The van der Waals surface area contributed by atoms with Gasteiger partial charge in [0, 0.05) is 5.54 Å².